The zero-order valence-corrected chi connectivity index (χ0v) is 9.05. The van der Waals surface area contributed by atoms with E-state index in [-0.39, 0.29) is 11.7 Å². The molecule has 1 heterocycles. The fraction of sp³-hybridized carbons (Fsp3) is 0.444. The second-order valence-electron chi connectivity index (χ2n) is 3.33. The van der Waals surface area contributed by atoms with Gasteiger partial charge >= 0.3 is 0 Å². The predicted octanol–water partition coefficient (Wildman–Crippen LogP) is -0.323. The number of carbonyl (C=O) groups excluding carboxylic acids is 1. The van der Waals surface area contributed by atoms with Crippen molar-refractivity contribution in [2.24, 2.45) is 17.9 Å². The molecule has 0 unspecified atom stereocenters. The average Bonchev–Trinajstić information content (AvgIpc) is 2.70. The van der Waals surface area contributed by atoms with Gasteiger partial charge in [0.1, 0.15) is 11.5 Å². The Morgan fingerprint density at radius 3 is 3.06 bits per heavy atom. The second-order valence-corrected chi connectivity index (χ2v) is 3.33. The van der Waals surface area contributed by atoms with E-state index in [9.17, 15) is 4.79 Å². The number of rotatable bonds is 5. The fourth-order valence-electron chi connectivity index (χ4n) is 1.15. The number of carbonyl (C=O) groups is 1. The summed E-state index contributed by atoms with van der Waals surface area (Å²) < 4.78 is 1.56. The summed E-state index contributed by atoms with van der Waals surface area (Å²) >= 11 is 0. The molecule has 0 aliphatic rings. The Bertz CT molecular complexity index is 385. The van der Waals surface area contributed by atoms with Crippen LogP contribution in [0.2, 0.25) is 0 Å². The lowest BCUT2D eigenvalue weighted by Gasteiger charge is -2.02. The maximum atomic E-state index is 11.5. The predicted molar refractivity (Wildman–Crippen MR) is 58.2 cm³/mol. The lowest BCUT2D eigenvalue weighted by molar-refractivity contribution is 0.0947. The van der Waals surface area contributed by atoms with Crippen molar-refractivity contribution >= 4 is 11.7 Å². The molecule has 7 heteroatoms. The van der Waals surface area contributed by atoms with Crippen molar-refractivity contribution in [3.05, 3.63) is 18.0 Å². The van der Waals surface area contributed by atoms with Crippen LogP contribution in [-0.4, -0.2) is 33.3 Å². The van der Waals surface area contributed by atoms with E-state index in [0.717, 1.165) is 0 Å². The molecule has 1 rings (SSSR count). The number of hydrogen-bond acceptors (Lipinski definition) is 4. The van der Waals surface area contributed by atoms with E-state index in [0.29, 0.717) is 25.1 Å². The number of nitrogens with two attached hydrogens (primary N) is 1. The van der Waals surface area contributed by atoms with Gasteiger partial charge in [0.05, 0.1) is 0 Å². The van der Waals surface area contributed by atoms with Crippen molar-refractivity contribution in [1.82, 2.24) is 15.1 Å². The van der Waals surface area contributed by atoms with Gasteiger partial charge in [0, 0.05) is 26.2 Å². The first-order valence-electron chi connectivity index (χ1n) is 4.87. The summed E-state index contributed by atoms with van der Waals surface area (Å²) in [6.07, 6.45) is 2.76. The molecule has 0 aliphatic carbocycles. The minimum absolute atomic E-state index is 0.159. The molecule has 16 heavy (non-hydrogen) atoms. The van der Waals surface area contributed by atoms with Gasteiger partial charge in [-0.25, -0.2) is 0 Å². The SMILES string of the molecule is Cn1ccc(C(=O)NCCC/C(N)=N/O)n1. The summed E-state index contributed by atoms with van der Waals surface area (Å²) in [4.78, 5) is 11.5. The van der Waals surface area contributed by atoms with E-state index in [1.807, 2.05) is 0 Å². The first kappa shape index (κ1) is 12.0. The lowest BCUT2D eigenvalue weighted by Crippen LogP contribution is -2.26. The molecule has 1 amide bonds. The van der Waals surface area contributed by atoms with Crippen LogP contribution < -0.4 is 11.1 Å². The molecule has 4 N–H and O–H groups in total. The highest BCUT2D eigenvalue weighted by molar-refractivity contribution is 5.92. The van der Waals surface area contributed by atoms with Crippen molar-refractivity contribution in [3.8, 4) is 0 Å². The average molecular weight is 225 g/mol. The van der Waals surface area contributed by atoms with Crippen LogP contribution in [0.15, 0.2) is 17.4 Å². The van der Waals surface area contributed by atoms with E-state index in [1.165, 1.54) is 0 Å². The van der Waals surface area contributed by atoms with Gasteiger partial charge in [0.25, 0.3) is 5.91 Å². The Hall–Kier alpha value is -2.05. The normalized spacial score (nSPS) is 11.4. The maximum absolute atomic E-state index is 11.5. The van der Waals surface area contributed by atoms with Gasteiger partial charge in [0.2, 0.25) is 0 Å². The molecule has 0 atom stereocenters. The Morgan fingerprint density at radius 2 is 2.50 bits per heavy atom. The van der Waals surface area contributed by atoms with E-state index in [2.05, 4.69) is 15.6 Å². The number of aryl methyl sites for hydroxylation is 1. The number of aromatic nitrogens is 2. The van der Waals surface area contributed by atoms with Gasteiger partial charge in [-0.3, -0.25) is 9.48 Å². The summed E-state index contributed by atoms with van der Waals surface area (Å²) in [5.41, 5.74) is 5.66. The molecule has 0 aliphatic heterocycles. The molecule has 0 fully saturated rings. The molecule has 0 saturated carbocycles. The summed E-state index contributed by atoms with van der Waals surface area (Å²) in [7, 11) is 1.75. The molecule has 0 saturated heterocycles. The molecule has 0 radical (unpaired) electrons. The highest BCUT2D eigenvalue weighted by Crippen LogP contribution is 1.94. The zero-order valence-electron chi connectivity index (χ0n) is 9.05. The molecular formula is C9H15N5O2. The zero-order chi connectivity index (χ0) is 12.0. The lowest BCUT2D eigenvalue weighted by atomic mass is 10.3. The third kappa shape index (κ3) is 3.60. The van der Waals surface area contributed by atoms with Crippen molar-refractivity contribution in [2.75, 3.05) is 6.54 Å². The van der Waals surface area contributed by atoms with Crippen LogP contribution in [0.25, 0.3) is 0 Å². The van der Waals surface area contributed by atoms with Crippen LogP contribution in [0.1, 0.15) is 23.3 Å². The smallest absolute Gasteiger partial charge is 0.271 e. The quantitative estimate of drug-likeness (QED) is 0.210. The maximum Gasteiger partial charge on any atom is 0.271 e. The topological polar surface area (TPSA) is 106 Å². The van der Waals surface area contributed by atoms with Gasteiger partial charge in [0.15, 0.2) is 0 Å². The Kier molecular flexibility index (Phi) is 4.31. The van der Waals surface area contributed by atoms with Gasteiger partial charge in [-0.05, 0) is 12.5 Å². The number of nitrogens with zero attached hydrogens (tertiary/aromatic N) is 3. The monoisotopic (exact) mass is 225 g/mol. The van der Waals surface area contributed by atoms with Gasteiger partial charge in [-0.1, -0.05) is 5.16 Å². The summed E-state index contributed by atoms with van der Waals surface area (Å²) in [5, 5.41) is 17.8. The van der Waals surface area contributed by atoms with Crippen LogP contribution in [0.5, 0.6) is 0 Å². The van der Waals surface area contributed by atoms with Crippen LogP contribution in [0.3, 0.4) is 0 Å². The fourth-order valence-corrected chi connectivity index (χ4v) is 1.15. The first-order valence-corrected chi connectivity index (χ1v) is 4.87. The molecule has 7 nitrogen and oxygen atoms in total. The van der Waals surface area contributed by atoms with Gasteiger partial charge in [-0.2, -0.15) is 5.10 Å². The minimum Gasteiger partial charge on any atom is -0.409 e. The summed E-state index contributed by atoms with van der Waals surface area (Å²) in [5.74, 6) is -0.0628. The molecule has 88 valence electrons. The standard InChI is InChI=1S/C9H15N5O2/c1-14-6-4-7(12-14)9(15)11-5-2-3-8(10)13-16/h4,6,16H,2-3,5H2,1H3,(H2,10,13)(H,11,15). The van der Waals surface area contributed by atoms with Gasteiger partial charge in [-0.15, -0.1) is 0 Å². The largest absolute Gasteiger partial charge is 0.409 e. The van der Waals surface area contributed by atoms with Crippen LogP contribution in [0.4, 0.5) is 0 Å². The van der Waals surface area contributed by atoms with E-state index >= 15 is 0 Å². The molecule has 1 aromatic rings. The van der Waals surface area contributed by atoms with E-state index in [4.69, 9.17) is 10.9 Å². The third-order valence-electron chi connectivity index (χ3n) is 1.97. The van der Waals surface area contributed by atoms with Gasteiger partial charge < -0.3 is 16.3 Å². The van der Waals surface area contributed by atoms with E-state index in [1.54, 1.807) is 24.0 Å². The van der Waals surface area contributed by atoms with Crippen molar-refractivity contribution < 1.29 is 10.0 Å². The van der Waals surface area contributed by atoms with E-state index < -0.39 is 0 Å². The Labute approximate surface area is 92.9 Å². The number of nitrogens with one attached hydrogen (secondary N) is 1. The van der Waals surface area contributed by atoms with Crippen molar-refractivity contribution in [3.63, 3.8) is 0 Å². The molecule has 1 aromatic heterocycles. The highest BCUT2D eigenvalue weighted by Gasteiger charge is 2.07. The molecule has 0 spiro atoms. The number of amides is 1. The third-order valence-corrected chi connectivity index (χ3v) is 1.97. The highest BCUT2D eigenvalue weighted by atomic mass is 16.4. The second kappa shape index (κ2) is 5.74. The number of amidine groups is 1. The summed E-state index contributed by atoms with van der Waals surface area (Å²) in [6, 6.07) is 1.64. The summed E-state index contributed by atoms with van der Waals surface area (Å²) in [6.45, 7) is 0.464. The Balaban J connectivity index is 2.26. The van der Waals surface area contributed by atoms with Crippen LogP contribution in [0, 0.1) is 0 Å². The van der Waals surface area contributed by atoms with Crippen LogP contribution in [-0.2, 0) is 7.05 Å². The molecular weight excluding hydrogens is 210 g/mol. The minimum atomic E-state index is -0.222. The molecule has 0 aromatic carbocycles. The number of oxime groups is 1. The Morgan fingerprint density at radius 1 is 1.75 bits per heavy atom. The van der Waals surface area contributed by atoms with Crippen LogP contribution >= 0.6 is 0 Å². The van der Waals surface area contributed by atoms with Crippen molar-refractivity contribution in [2.45, 2.75) is 12.8 Å². The van der Waals surface area contributed by atoms with Crippen molar-refractivity contribution in [1.29, 1.82) is 0 Å². The first-order chi connectivity index (χ1) is 7.63. The number of hydrogen-bond donors (Lipinski definition) is 3. The molecule has 0 bridgehead atoms.